The average molecular weight is 525 g/mol. The summed E-state index contributed by atoms with van der Waals surface area (Å²) in [6.45, 7) is 7.66. The first-order valence-electron chi connectivity index (χ1n) is 12.0. The van der Waals surface area contributed by atoms with E-state index in [0.29, 0.717) is 12.8 Å². The molecule has 10 heteroatoms. The summed E-state index contributed by atoms with van der Waals surface area (Å²) in [6.07, 6.45) is 7.45. The highest BCUT2D eigenvalue weighted by atomic mass is 32.2. The Morgan fingerprint density at radius 1 is 1.14 bits per heavy atom. The summed E-state index contributed by atoms with van der Waals surface area (Å²) in [4.78, 5) is 23.8. The van der Waals surface area contributed by atoms with Crippen molar-refractivity contribution in [3.8, 4) is 0 Å². The lowest BCUT2D eigenvalue weighted by Crippen LogP contribution is -2.61. The molecule has 36 heavy (non-hydrogen) atoms. The van der Waals surface area contributed by atoms with Crippen LogP contribution < -0.4 is 5.73 Å². The van der Waals surface area contributed by atoms with Gasteiger partial charge in [-0.25, -0.2) is 17.2 Å². The number of nitrogens with zero attached hydrogens (tertiary/aromatic N) is 1. The van der Waals surface area contributed by atoms with Gasteiger partial charge in [-0.3, -0.25) is 9.59 Å². The Bertz CT molecular complexity index is 1210. The van der Waals surface area contributed by atoms with Gasteiger partial charge in [-0.05, 0) is 39.3 Å². The lowest BCUT2D eigenvalue weighted by atomic mass is 9.56. The number of sulfonamides is 1. The average Bonchev–Trinajstić information content (AvgIpc) is 3.19. The zero-order chi connectivity index (χ0) is 27.1. The van der Waals surface area contributed by atoms with Crippen LogP contribution in [-0.2, 0) is 36.3 Å². The molecule has 0 spiro atoms. The summed E-state index contributed by atoms with van der Waals surface area (Å²) in [5.41, 5.74) is 2.65. The third-order valence-corrected chi connectivity index (χ3v) is 9.71. The SMILES string of the molecule is CCC[C@H](C)N(Cc1cc(F)c(C2(C(N)=O)CC(C)(OC(C)=O)C2)cc1F)S(=O)(=O)C1(C)C=CC=C1. The third-order valence-electron chi connectivity index (χ3n) is 7.22. The van der Waals surface area contributed by atoms with E-state index in [0.717, 1.165) is 12.1 Å². The number of hydrogen-bond donors (Lipinski definition) is 1. The van der Waals surface area contributed by atoms with Crippen molar-refractivity contribution in [2.24, 2.45) is 5.73 Å². The number of esters is 1. The van der Waals surface area contributed by atoms with Gasteiger partial charge >= 0.3 is 5.97 Å². The van der Waals surface area contributed by atoms with Gasteiger partial charge in [0.1, 0.15) is 22.0 Å². The normalized spacial score (nSPS) is 25.6. The first-order chi connectivity index (χ1) is 16.6. The lowest BCUT2D eigenvalue weighted by molar-refractivity contribution is -0.177. The van der Waals surface area contributed by atoms with Gasteiger partial charge in [0.15, 0.2) is 0 Å². The maximum Gasteiger partial charge on any atom is 0.303 e. The minimum Gasteiger partial charge on any atom is -0.459 e. The second kappa shape index (κ2) is 9.70. The number of amides is 1. The van der Waals surface area contributed by atoms with E-state index in [1.54, 1.807) is 45.1 Å². The second-order valence-electron chi connectivity index (χ2n) is 10.4. The number of carbonyl (C=O) groups excluding carboxylic acids is 2. The number of ether oxygens (including phenoxy) is 1. The second-order valence-corrected chi connectivity index (χ2v) is 12.7. The Hall–Kier alpha value is -2.59. The fraction of sp³-hybridized carbons (Fsp3) is 0.538. The van der Waals surface area contributed by atoms with Crippen LogP contribution >= 0.6 is 0 Å². The summed E-state index contributed by atoms with van der Waals surface area (Å²) in [5, 5.41) is 0. The van der Waals surface area contributed by atoms with Crippen LogP contribution in [0.25, 0.3) is 0 Å². The smallest absolute Gasteiger partial charge is 0.303 e. The predicted octanol–water partition coefficient (Wildman–Crippen LogP) is 4.01. The van der Waals surface area contributed by atoms with Gasteiger partial charge in [-0.1, -0.05) is 37.6 Å². The zero-order valence-electron chi connectivity index (χ0n) is 21.3. The molecule has 0 aliphatic heterocycles. The molecule has 0 heterocycles. The molecule has 1 aromatic carbocycles. The van der Waals surface area contributed by atoms with Crippen LogP contribution in [0.3, 0.4) is 0 Å². The number of primary amides is 1. The molecule has 0 bridgehead atoms. The van der Waals surface area contributed by atoms with Gasteiger partial charge in [0.25, 0.3) is 0 Å². The van der Waals surface area contributed by atoms with Crippen LogP contribution in [-0.4, -0.2) is 41.0 Å². The Kier molecular flexibility index (Phi) is 7.54. The van der Waals surface area contributed by atoms with Crippen molar-refractivity contribution in [2.75, 3.05) is 0 Å². The summed E-state index contributed by atoms with van der Waals surface area (Å²) in [5.74, 6) is -3.13. The van der Waals surface area contributed by atoms with E-state index in [1.165, 1.54) is 11.2 Å². The quantitative estimate of drug-likeness (QED) is 0.466. The molecule has 3 rings (SSSR count). The highest BCUT2D eigenvalue weighted by molar-refractivity contribution is 7.90. The Morgan fingerprint density at radius 2 is 1.72 bits per heavy atom. The van der Waals surface area contributed by atoms with Crippen LogP contribution in [0.1, 0.15) is 71.4 Å². The number of benzene rings is 1. The molecule has 2 N–H and O–H groups in total. The van der Waals surface area contributed by atoms with E-state index in [4.69, 9.17) is 10.5 Å². The zero-order valence-corrected chi connectivity index (χ0v) is 22.1. The minimum atomic E-state index is -3.97. The van der Waals surface area contributed by atoms with Crippen LogP contribution in [0.15, 0.2) is 36.4 Å². The number of rotatable bonds is 10. The standard InChI is InChI=1S/C26H34F2N2O5S/c1-6-9-17(2)30(36(33,34)25(5)10-7-8-11-25)14-19-12-22(28)20(13-21(19)27)26(23(29)32)15-24(4,16-26)35-18(3)31/h7-8,10-13,17H,6,9,14-16H2,1-5H3,(H2,29,32)/t17-,24?,26?/m0/s1. The Labute approximate surface area is 211 Å². The molecule has 0 unspecified atom stereocenters. The third kappa shape index (κ3) is 4.85. The van der Waals surface area contributed by atoms with E-state index in [2.05, 4.69) is 0 Å². The number of carbonyl (C=O) groups is 2. The van der Waals surface area contributed by atoms with E-state index in [-0.39, 0.29) is 30.5 Å². The predicted molar refractivity (Wildman–Crippen MR) is 132 cm³/mol. The molecule has 1 amide bonds. The molecule has 0 radical (unpaired) electrons. The molecular formula is C26H34F2N2O5S. The summed E-state index contributed by atoms with van der Waals surface area (Å²) in [7, 11) is -3.97. The fourth-order valence-electron chi connectivity index (χ4n) is 5.40. The molecular weight excluding hydrogens is 490 g/mol. The lowest BCUT2D eigenvalue weighted by Gasteiger charge is -2.51. The first kappa shape index (κ1) is 28.0. The maximum absolute atomic E-state index is 15.4. The summed E-state index contributed by atoms with van der Waals surface area (Å²) >= 11 is 0. The van der Waals surface area contributed by atoms with E-state index in [1.807, 2.05) is 6.92 Å². The molecule has 1 fully saturated rings. The van der Waals surface area contributed by atoms with E-state index < -0.39 is 55.3 Å². The molecule has 2 aliphatic rings. The highest BCUT2D eigenvalue weighted by Gasteiger charge is 2.60. The number of allylic oxidation sites excluding steroid dienone is 2. The van der Waals surface area contributed by atoms with Crippen LogP contribution in [0, 0.1) is 11.6 Å². The van der Waals surface area contributed by atoms with Crippen molar-refractivity contribution in [2.45, 2.75) is 88.7 Å². The summed E-state index contributed by atoms with van der Waals surface area (Å²) in [6, 6.07) is 1.38. The number of hydrogen-bond acceptors (Lipinski definition) is 5. The molecule has 0 saturated heterocycles. The van der Waals surface area contributed by atoms with Gasteiger partial charge in [0.05, 0.1) is 5.41 Å². The largest absolute Gasteiger partial charge is 0.459 e. The molecule has 1 aromatic rings. The van der Waals surface area contributed by atoms with Crippen LogP contribution in [0.4, 0.5) is 8.78 Å². The van der Waals surface area contributed by atoms with Gasteiger partial charge < -0.3 is 10.5 Å². The molecule has 0 aromatic heterocycles. The molecule has 2 aliphatic carbocycles. The first-order valence-corrected chi connectivity index (χ1v) is 13.4. The number of nitrogens with two attached hydrogens (primary N) is 1. The molecule has 7 nitrogen and oxygen atoms in total. The van der Waals surface area contributed by atoms with Crippen LogP contribution in [0.2, 0.25) is 0 Å². The van der Waals surface area contributed by atoms with Crippen molar-refractivity contribution in [3.63, 3.8) is 0 Å². The number of halogens is 2. The minimum absolute atomic E-state index is 0.0876. The van der Waals surface area contributed by atoms with Crippen molar-refractivity contribution in [1.82, 2.24) is 4.31 Å². The fourth-order valence-corrected chi connectivity index (χ4v) is 7.29. The van der Waals surface area contributed by atoms with Crippen molar-refractivity contribution in [1.29, 1.82) is 0 Å². The Morgan fingerprint density at radius 3 is 2.22 bits per heavy atom. The van der Waals surface area contributed by atoms with E-state index in [9.17, 15) is 18.0 Å². The van der Waals surface area contributed by atoms with Crippen molar-refractivity contribution >= 4 is 21.9 Å². The van der Waals surface area contributed by atoms with E-state index >= 15 is 8.78 Å². The van der Waals surface area contributed by atoms with Gasteiger partial charge in [-0.2, -0.15) is 4.31 Å². The van der Waals surface area contributed by atoms with Crippen molar-refractivity contribution < 1.29 is 31.5 Å². The monoisotopic (exact) mass is 524 g/mol. The van der Waals surface area contributed by atoms with Crippen LogP contribution in [0.5, 0.6) is 0 Å². The maximum atomic E-state index is 15.4. The highest BCUT2D eigenvalue weighted by Crippen LogP contribution is 2.53. The van der Waals surface area contributed by atoms with Crippen molar-refractivity contribution in [3.05, 3.63) is 59.2 Å². The molecule has 1 atom stereocenters. The van der Waals surface area contributed by atoms with Gasteiger partial charge in [0, 0.05) is 43.5 Å². The topological polar surface area (TPSA) is 107 Å². The summed E-state index contributed by atoms with van der Waals surface area (Å²) < 4.78 is 63.2. The van der Waals surface area contributed by atoms with Gasteiger partial charge in [0.2, 0.25) is 15.9 Å². The molecule has 1 saturated carbocycles. The molecule has 198 valence electrons. The van der Waals surface area contributed by atoms with Gasteiger partial charge in [-0.15, -0.1) is 0 Å². The Balaban J connectivity index is 1.99.